The standard InChI is InChI=1S/C31H37N3O2/c1-23(2)20-34(21-27(35)19-25-11-7-5-8-12-25)22-29-30(26-13-9-6-10-14-26)32-33(4)31(29)36-28-17-15-24(3)16-18-28/h5-18,23,27,35H,19-22H2,1-4H3/t27-/m1/s1. The lowest BCUT2D eigenvalue weighted by Crippen LogP contribution is -2.35. The Morgan fingerprint density at radius 1 is 0.889 bits per heavy atom. The zero-order valence-corrected chi connectivity index (χ0v) is 21.8. The minimum Gasteiger partial charge on any atom is -0.439 e. The van der Waals surface area contributed by atoms with E-state index >= 15 is 0 Å². The van der Waals surface area contributed by atoms with Crippen LogP contribution in [0.5, 0.6) is 11.6 Å². The Morgan fingerprint density at radius 3 is 2.17 bits per heavy atom. The highest BCUT2D eigenvalue weighted by molar-refractivity contribution is 5.65. The number of benzene rings is 3. The van der Waals surface area contributed by atoms with Gasteiger partial charge >= 0.3 is 0 Å². The number of aryl methyl sites for hydroxylation is 2. The highest BCUT2D eigenvalue weighted by Crippen LogP contribution is 2.34. The Balaban J connectivity index is 1.65. The van der Waals surface area contributed by atoms with E-state index in [1.807, 2.05) is 60.3 Å². The third-order valence-corrected chi connectivity index (χ3v) is 6.16. The van der Waals surface area contributed by atoms with Crippen molar-refractivity contribution in [3.05, 3.63) is 102 Å². The molecule has 0 saturated heterocycles. The van der Waals surface area contributed by atoms with Crippen molar-refractivity contribution >= 4 is 0 Å². The molecule has 0 unspecified atom stereocenters. The van der Waals surface area contributed by atoms with E-state index in [9.17, 15) is 5.11 Å². The molecule has 1 atom stereocenters. The van der Waals surface area contributed by atoms with Crippen LogP contribution in [0, 0.1) is 12.8 Å². The Bertz CT molecular complexity index is 1220. The van der Waals surface area contributed by atoms with E-state index in [1.54, 1.807) is 0 Å². The van der Waals surface area contributed by atoms with Crippen molar-refractivity contribution in [3.63, 3.8) is 0 Å². The molecule has 5 nitrogen and oxygen atoms in total. The van der Waals surface area contributed by atoms with E-state index in [2.05, 4.69) is 62.1 Å². The number of ether oxygens (including phenoxy) is 1. The van der Waals surface area contributed by atoms with Crippen molar-refractivity contribution in [2.75, 3.05) is 13.1 Å². The van der Waals surface area contributed by atoms with Gasteiger partial charge in [-0.25, -0.2) is 4.68 Å². The molecule has 188 valence electrons. The maximum Gasteiger partial charge on any atom is 0.222 e. The fourth-order valence-corrected chi connectivity index (χ4v) is 4.56. The second kappa shape index (κ2) is 12.0. The molecule has 4 rings (SSSR count). The number of nitrogens with zero attached hydrogens (tertiary/aromatic N) is 3. The first-order valence-electron chi connectivity index (χ1n) is 12.7. The number of aromatic nitrogens is 2. The third kappa shape index (κ3) is 6.84. The van der Waals surface area contributed by atoms with Gasteiger partial charge in [-0.05, 0) is 37.0 Å². The van der Waals surface area contributed by atoms with Gasteiger partial charge in [0, 0.05) is 32.2 Å². The predicted octanol–water partition coefficient (Wildman–Crippen LogP) is 6.25. The molecule has 0 aliphatic heterocycles. The number of hydrogen-bond acceptors (Lipinski definition) is 4. The SMILES string of the molecule is Cc1ccc(Oc2c(CN(CC(C)C)C[C@H](O)Cc3ccccc3)c(-c3ccccc3)nn2C)cc1. The molecule has 0 saturated carbocycles. The molecular weight excluding hydrogens is 446 g/mol. The number of aliphatic hydroxyl groups is 1. The van der Waals surface area contributed by atoms with Crippen LogP contribution in [0.25, 0.3) is 11.3 Å². The van der Waals surface area contributed by atoms with Gasteiger partial charge in [0.2, 0.25) is 5.88 Å². The summed E-state index contributed by atoms with van der Waals surface area (Å²) in [4.78, 5) is 2.32. The van der Waals surface area contributed by atoms with Crippen LogP contribution in [0.3, 0.4) is 0 Å². The summed E-state index contributed by atoms with van der Waals surface area (Å²) in [6.45, 7) is 8.54. The molecule has 0 aliphatic carbocycles. The molecule has 4 aromatic rings. The summed E-state index contributed by atoms with van der Waals surface area (Å²) >= 11 is 0. The minimum atomic E-state index is -0.468. The molecule has 36 heavy (non-hydrogen) atoms. The van der Waals surface area contributed by atoms with Gasteiger partial charge in [-0.3, -0.25) is 4.90 Å². The molecule has 3 aromatic carbocycles. The van der Waals surface area contributed by atoms with Crippen LogP contribution in [-0.2, 0) is 20.0 Å². The average Bonchev–Trinajstić information content (AvgIpc) is 3.16. The zero-order valence-electron chi connectivity index (χ0n) is 21.8. The van der Waals surface area contributed by atoms with E-state index in [-0.39, 0.29) is 0 Å². The van der Waals surface area contributed by atoms with Crippen molar-refractivity contribution in [2.45, 2.75) is 39.8 Å². The van der Waals surface area contributed by atoms with Gasteiger partial charge < -0.3 is 9.84 Å². The summed E-state index contributed by atoms with van der Waals surface area (Å²) in [6, 6.07) is 28.5. The van der Waals surface area contributed by atoms with Crippen molar-refractivity contribution in [3.8, 4) is 22.9 Å². The van der Waals surface area contributed by atoms with Crippen molar-refractivity contribution in [2.24, 2.45) is 13.0 Å². The lowest BCUT2D eigenvalue weighted by Gasteiger charge is -2.27. The highest BCUT2D eigenvalue weighted by atomic mass is 16.5. The molecule has 5 heteroatoms. The smallest absolute Gasteiger partial charge is 0.222 e. The minimum absolute atomic E-state index is 0.451. The molecule has 0 aliphatic rings. The maximum absolute atomic E-state index is 11.0. The third-order valence-electron chi connectivity index (χ3n) is 6.16. The van der Waals surface area contributed by atoms with Crippen LogP contribution in [0.4, 0.5) is 0 Å². The van der Waals surface area contributed by atoms with E-state index in [1.165, 1.54) is 5.56 Å². The van der Waals surface area contributed by atoms with Crippen molar-refractivity contribution in [1.82, 2.24) is 14.7 Å². The Morgan fingerprint density at radius 2 is 1.53 bits per heavy atom. The van der Waals surface area contributed by atoms with E-state index in [4.69, 9.17) is 9.84 Å². The molecule has 1 N–H and O–H groups in total. The molecule has 0 bridgehead atoms. The number of aliphatic hydroxyl groups excluding tert-OH is 1. The zero-order chi connectivity index (χ0) is 25.5. The molecule has 0 spiro atoms. The Kier molecular flexibility index (Phi) is 8.57. The average molecular weight is 484 g/mol. The van der Waals surface area contributed by atoms with Gasteiger partial charge in [-0.1, -0.05) is 92.2 Å². The van der Waals surface area contributed by atoms with Gasteiger partial charge in [0.1, 0.15) is 11.4 Å². The van der Waals surface area contributed by atoms with Crippen LogP contribution < -0.4 is 4.74 Å². The van der Waals surface area contributed by atoms with E-state index in [0.29, 0.717) is 25.4 Å². The molecule has 1 heterocycles. The van der Waals surface area contributed by atoms with Gasteiger partial charge in [-0.2, -0.15) is 5.10 Å². The van der Waals surface area contributed by atoms with Gasteiger partial charge in [0.05, 0.1) is 11.7 Å². The summed E-state index contributed by atoms with van der Waals surface area (Å²) < 4.78 is 8.24. The van der Waals surface area contributed by atoms with Crippen molar-refractivity contribution in [1.29, 1.82) is 0 Å². The van der Waals surface area contributed by atoms with Crippen LogP contribution in [0.15, 0.2) is 84.9 Å². The summed E-state index contributed by atoms with van der Waals surface area (Å²) in [5, 5.41) is 15.9. The lowest BCUT2D eigenvalue weighted by molar-refractivity contribution is 0.101. The number of hydrogen-bond donors (Lipinski definition) is 1. The Hall–Kier alpha value is -3.41. The monoisotopic (exact) mass is 483 g/mol. The van der Waals surface area contributed by atoms with Crippen LogP contribution in [0.1, 0.15) is 30.5 Å². The summed E-state index contributed by atoms with van der Waals surface area (Å²) in [6.07, 6.45) is 0.158. The summed E-state index contributed by atoms with van der Waals surface area (Å²) in [5.41, 5.74) is 5.32. The summed E-state index contributed by atoms with van der Waals surface area (Å²) in [5.74, 6) is 1.96. The van der Waals surface area contributed by atoms with Crippen LogP contribution >= 0.6 is 0 Å². The molecule has 1 aromatic heterocycles. The Labute approximate surface area is 215 Å². The maximum atomic E-state index is 11.0. The van der Waals surface area contributed by atoms with Gasteiger partial charge in [0.15, 0.2) is 0 Å². The van der Waals surface area contributed by atoms with E-state index in [0.717, 1.165) is 40.6 Å². The second-order valence-corrected chi connectivity index (χ2v) is 9.97. The topological polar surface area (TPSA) is 50.5 Å². The molecular formula is C31H37N3O2. The molecule has 0 amide bonds. The predicted molar refractivity (Wildman–Crippen MR) is 146 cm³/mol. The number of rotatable bonds is 11. The summed E-state index contributed by atoms with van der Waals surface area (Å²) in [7, 11) is 1.93. The first-order chi connectivity index (χ1) is 17.4. The van der Waals surface area contributed by atoms with E-state index < -0.39 is 6.10 Å². The second-order valence-electron chi connectivity index (χ2n) is 9.97. The normalized spacial score (nSPS) is 12.3. The molecule has 0 fully saturated rings. The lowest BCUT2D eigenvalue weighted by atomic mass is 10.0. The first kappa shape index (κ1) is 25.7. The largest absolute Gasteiger partial charge is 0.439 e. The fraction of sp³-hybridized carbons (Fsp3) is 0.323. The van der Waals surface area contributed by atoms with Gasteiger partial charge in [0.25, 0.3) is 0 Å². The first-order valence-corrected chi connectivity index (χ1v) is 12.7. The van der Waals surface area contributed by atoms with Crippen LogP contribution in [-0.4, -0.2) is 39.0 Å². The van der Waals surface area contributed by atoms with Crippen molar-refractivity contribution < 1.29 is 9.84 Å². The highest BCUT2D eigenvalue weighted by Gasteiger charge is 2.24. The fourth-order valence-electron chi connectivity index (χ4n) is 4.56. The quantitative estimate of drug-likeness (QED) is 0.274. The van der Waals surface area contributed by atoms with Gasteiger partial charge in [-0.15, -0.1) is 0 Å². The molecule has 0 radical (unpaired) electrons. The van der Waals surface area contributed by atoms with Crippen LogP contribution in [0.2, 0.25) is 0 Å².